The Kier molecular flexibility index (Phi) is 3.88. The lowest BCUT2D eigenvalue weighted by atomic mass is 10.2. The van der Waals surface area contributed by atoms with Gasteiger partial charge in [-0.2, -0.15) is 5.10 Å². The van der Waals surface area contributed by atoms with Crippen molar-refractivity contribution in [3.63, 3.8) is 0 Å². The summed E-state index contributed by atoms with van der Waals surface area (Å²) in [6.45, 7) is 1.69. The maximum Gasteiger partial charge on any atom is 0.296 e. The zero-order valence-electron chi connectivity index (χ0n) is 11.8. The summed E-state index contributed by atoms with van der Waals surface area (Å²) < 4.78 is 6.45. The fourth-order valence-electron chi connectivity index (χ4n) is 1.91. The molecular formula is C13H14N4O4. The topological polar surface area (TPSA) is 99.3 Å². The van der Waals surface area contributed by atoms with Gasteiger partial charge < -0.3 is 10.1 Å². The van der Waals surface area contributed by atoms with E-state index in [1.54, 1.807) is 26.2 Å². The van der Waals surface area contributed by atoms with Crippen LogP contribution in [-0.2, 0) is 7.05 Å². The number of nitrogens with one attached hydrogen (secondary N) is 1. The molecule has 0 aliphatic carbocycles. The third kappa shape index (κ3) is 2.99. The number of ether oxygens (including phenoxy) is 1. The van der Waals surface area contributed by atoms with Crippen LogP contribution in [0.5, 0.6) is 5.75 Å². The predicted molar refractivity (Wildman–Crippen MR) is 75.5 cm³/mol. The van der Waals surface area contributed by atoms with Gasteiger partial charge in [0.1, 0.15) is 11.4 Å². The monoisotopic (exact) mass is 290 g/mol. The van der Waals surface area contributed by atoms with Crippen molar-refractivity contribution in [1.82, 2.24) is 9.78 Å². The zero-order valence-corrected chi connectivity index (χ0v) is 11.8. The fourth-order valence-corrected chi connectivity index (χ4v) is 1.91. The summed E-state index contributed by atoms with van der Waals surface area (Å²) in [6, 6.07) is 4.23. The van der Waals surface area contributed by atoms with Gasteiger partial charge in [0, 0.05) is 13.2 Å². The van der Waals surface area contributed by atoms with Gasteiger partial charge in [0.15, 0.2) is 0 Å². The van der Waals surface area contributed by atoms with E-state index in [0.29, 0.717) is 17.0 Å². The van der Waals surface area contributed by atoms with Gasteiger partial charge in [-0.15, -0.1) is 0 Å². The van der Waals surface area contributed by atoms with E-state index < -0.39 is 10.8 Å². The van der Waals surface area contributed by atoms with Crippen molar-refractivity contribution in [2.45, 2.75) is 6.92 Å². The average Bonchev–Trinajstić information content (AvgIpc) is 2.78. The number of carbonyl (C=O) groups excluding carboxylic acids is 1. The molecule has 0 aliphatic rings. The number of nitrogens with zero attached hydrogens (tertiary/aromatic N) is 3. The molecule has 0 bridgehead atoms. The third-order valence-corrected chi connectivity index (χ3v) is 2.91. The van der Waals surface area contributed by atoms with Crippen molar-refractivity contribution in [2.24, 2.45) is 7.05 Å². The van der Waals surface area contributed by atoms with Crippen molar-refractivity contribution in [2.75, 3.05) is 12.4 Å². The SMILES string of the molecule is COc1ccc(NC(=O)c2cn(C)nc2C)c([N+](=O)[O-])c1. The second-order valence-electron chi connectivity index (χ2n) is 4.40. The van der Waals surface area contributed by atoms with Gasteiger partial charge in [-0.1, -0.05) is 0 Å². The van der Waals surface area contributed by atoms with Crippen molar-refractivity contribution < 1.29 is 14.5 Å². The van der Waals surface area contributed by atoms with Crippen LogP contribution in [0.25, 0.3) is 0 Å². The largest absolute Gasteiger partial charge is 0.496 e. The molecule has 0 saturated heterocycles. The number of nitro groups is 1. The Morgan fingerprint density at radius 1 is 1.48 bits per heavy atom. The van der Waals surface area contributed by atoms with E-state index >= 15 is 0 Å². The number of aromatic nitrogens is 2. The average molecular weight is 290 g/mol. The molecule has 1 aromatic heterocycles. The minimum atomic E-state index is -0.575. The maximum atomic E-state index is 12.2. The summed E-state index contributed by atoms with van der Waals surface area (Å²) in [5, 5.41) is 17.6. The Morgan fingerprint density at radius 3 is 2.71 bits per heavy atom. The molecule has 110 valence electrons. The van der Waals surface area contributed by atoms with Crippen LogP contribution in [0.1, 0.15) is 16.1 Å². The highest BCUT2D eigenvalue weighted by Gasteiger charge is 2.19. The second-order valence-corrected chi connectivity index (χ2v) is 4.40. The summed E-state index contributed by atoms with van der Waals surface area (Å²) in [7, 11) is 3.11. The molecule has 0 saturated carbocycles. The number of aryl methyl sites for hydroxylation is 2. The molecule has 0 aliphatic heterocycles. The quantitative estimate of drug-likeness (QED) is 0.684. The molecule has 1 N–H and O–H groups in total. The lowest BCUT2D eigenvalue weighted by molar-refractivity contribution is -0.384. The van der Waals surface area contributed by atoms with Gasteiger partial charge in [0.2, 0.25) is 0 Å². The number of nitro benzene ring substituents is 1. The van der Waals surface area contributed by atoms with Crippen LogP contribution >= 0.6 is 0 Å². The molecule has 0 fully saturated rings. The van der Waals surface area contributed by atoms with Crippen LogP contribution < -0.4 is 10.1 Å². The smallest absolute Gasteiger partial charge is 0.296 e. The van der Waals surface area contributed by atoms with E-state index in [9.17, 15) is 14.9 Å². The molecule has 2 rings (SSSR count). The molecular weight excluding hydrogens is 276 g/mol. The van der Waals surface area contributed by atoms with E-state index in [1.807, 2.05) is 0 Å². The van der Waals surface area contributed by atoms with E-state index in [0.717, 1.165) is 0 Å². The molecule has 2 aromatic rings. The summed E-state index contributed by atoms with van der Waals surface area (Å²) in [5.74, 6) is -0.105. The summed E-state index contributed by atoms with van der Waals surface area (Å²) in [5.41, 5.74) is 0.784. The fraction of sp³-hybridized carbons (Fsp3) is 0.231. The maximum absolute atomic E-state index is 12.2. The number of benzene rings is 1. The number of hydrogen-bond acceptors (Lipinski definition) is 5. The molecule has 21 heavy (non-hydrogen) atoms. The highest BCUT2D eigenvalue weighted by atomic mass is 16.6. The van der Waals surface area contributed by atoms with Crippen LogP contribution in [0.2, 0.25) is 0 Å². The third-order valence-electron chi connectivity index (χ3n) is 2.91. The Hall–Kier alpha value is -2.90. The second kappa shape index (κ2) is 5.61. The van der Waals surface area contributed by atoms with Crippen LogP contribution in [-0.4, -0.2) is 27.7 Å². The van der Waals surface area contributed by atoms with Crippen molar-refractivity contribution in [3.8, 4) is 5.75 Å². The minimum Gasteiger partial charge on any atom is -0.496 e. The Labute approximate surface area is 120 Å². The van der Waals surface area contributed by atoms with E-state index in [-0.39, 0.29) is 11.4 Å². The van der Waals surface area contributed by atoms with Crippen molar-refractivity contribution >= 4 is 17.3 Å². The molecule has 1 heterocycles. The number of carbonyl (C=O) groups is 1. The Balaban J connectivity index is 2.33. The highest BCUT2D eigenvalue weighted by molar-refractivity contribution is 6.06. The first-order valence-corrected chi connectivity index (χ1v) is 6.06. The highest BCUT2D eigenvalue weighted by Crippen LogP contribution is 2.29. The van der Waals surface area contributed by atoms with E-state index in [2.05, 4.69) is 10.4 Å². The van der Waals surface area contributed by atoms with Gasteiger partial charge in [0.25, 0.3) is 11.6 Å². The molecule has 8 heteroatoms. The first-order valence-electron chi connectivity index (χ1n) is 6.06. The van der Waals surface area contributed by atoms with Crippen LogP contribution in [0.15, 0.2) is 24.4 Å². The van der Waals surface area contributed by atoms with Gasteiger partial charge >= 0.3 is 0 Å². The number of hydrogen-bond donors (Lipinski definition) is 1. The minimum absolute atomic E-state index is 0.106. The standard InChI is InChI=1S/C13H14N4O4/c1-8-10(7-16(2)15-8)13(18)14-11-5-4-9(21-3)6-12(11)17(19)20/h4-7H,1-3H3,(H,14,18). The normalized spacial score (nSPS) is 10.2. The predicted octanol–water partition coefficient (Wildman–Crippen LogP) is 1.90. The molecule has 0 unspecified atom stereocenters. The van der Waals surface area contributed by atoms with Crippen LogP contribution in [0, 0.1) is 17.0 Å². The molecule has 1 aromatic carbocycles. The zero-order chi connectivity index (χ0) is 15.6. The van der Waals surface area contributed by atoms with Crippen LogP contribution in [0.3, 0.4) is 0 Å². The van der Waals surface area contributed by atoms with Crippen LogP contribution in [0.4, 0.5) is 11.4 Å². The summed E-state index contributed by atoms with van der Waals surface area (Å²) in [4.78, 5) is 22.6. The molecule has 0 spiro atoms. The van der Waals surface area contributed by atoms with E-state index in [4.69, 9.17) is 4.74 Å². The number of rotatable bonds is 4. The lowest BCUT2D eigenvalue weighted by Gasteiger charge is -2.07. The molecule has 1 amide bonds. The Bertz CT molecular complexity index is 708. The van der Waals surface area contributed by atoms with Gasteiger partial charge in [0.05, 0.1) is 29.4 Å². The summed E-state index contributed by atoms with van der Waals surface area (Å²) >= 11 is 0. The van der Waals surface area contributed by atoms with E-state index in [1.165, 1.54) is 23.9 Å². The lowest BCUT2D eigenvalue weighted by Crippen LogP contribution is -2.13. The number of amides is 1. The van der Waals surface area contributed by atoms with Crippen molar-refractivity contribution in [3.05, 3.63) is 45.8 Å². The molecule has 0 radical (unpaired) electrons. The first-order chi connectivity index (χ1) is 9.92. The van der Waals surface area contributed by atoms with Gasteiger partial charge in [-0.05, 0) is 19.1 Å². The summed E-state index contributed by atoms with van der Waals surface area (Å²) in [6.07, 6.45) is 1.56. The number of anilines is 1. The van der Waals surface area contributed by atoms with Gasteiger partial charge in [-0.3, -0.25) is 19.6 Å². The number of methoxy groups -OCH3 is 1. The first kappa shape index (κ1) is 14.5. The Morgan fingerprint density at radius 2 is 2.19 bits per heavy atom. The molecule has 8 nitrogen and oxygen atoms in total. The molecule has 0 atom stereocenters. The van der Waals surface area contributed by atoms with Crippen molar-refractivity contribution in [1.29, 1.82) is 0 Å². The van der Waals surface area contributed by atoms with Gasteiger partial charge in [-0.25, -0.2) is 0 Å².